The molecule has 6 nitrogen and oxygen atoms in total. The summed E-state index contributed by atoms with van der Waals surface area (Å²) < 4.78 is 0. The van der Waals surface area contributed by atoms with Gasteiger partial charge < -0.3 is 10.4 Å². The fourth-order valence-corrected chi connectivity index (χ4v) is 2.18. The second-order valence-corrected chi connectivity index (χ2v) is 4.67. The summed E-state index contributed by atoms with van der Waals surface area (Å²) in [5, 5.41) is 19.4. The number of carboxylic acids is 1. The van der Waals surface area contributed by atoms with E-state index in [-0.39, 0.29) is 5.91 Å². The average Bonchev–Trinajstić information content (AvgIpc) is 3.04. The molecule has 3 N–H and O–H groups in total. The number of thiophene rings is 1. The summed E-state index contributed by atoms with van der Waals surface area (Å²) >= 11 is 1.46. The maximum absolute atomic E-state index is 11.6. The van der Waals surface area contributed by atoms with Crippen molar-refractivity contribution in [3.63, 3.8) is 0 Å². The Morgan fingerprint density at radius 1 is 1.53 bits per heavy atom. The molecule has 2 aromatic heterocycles. The molecule has 0 aliphatic carbocycles. The lowest BCUT2D eigenvalue weighted by Crippen LogP contribution is -2.22. The molecule has 0 radical (unpaired) electrons. The van der Waals surface area contributed by atoms with Crippen molar-refractivity contribution >= 4 is 29.3 Å². The third-order valence-electron chi connectivity index (χ3n) is 2.26. The van der Waals surface area contributed by atoms with Crippen LogP contribution in [0.2, 0.25) is 0 Å². The first kappa shape index (κ1) is 13.0. The van der Waals surface area contributed by atoms with Crippen molar-refractivity contribution in [1.82, 2.24) is 15.5 Å². The molecular formula is C12H11N3O3S. The van der Waals surface area contributed by atoms with E-state index in [1.807, 2.05) is 11.4 Å². The number of carbonyl (C=O) groups is 2. The molecule has 0 aromatic carbocycles. The van der Waals surface area contributed by atoms with Crippen LogP contribution in [0.15, 0.2) is 29.8 Å². The van der Waals surface area contributed by atoms with Gasteiger partial charge in [-0.3, -0.25) is 9.89 Å². The summed E-state index contributed by atoms with van der Waals surface area (Å²) in [5.74, 6) is -1.21. The zero-order chi connectivity index (χ0) is 13.7. The Morgan fingerprint density at radius 3 is 3.05 bits per heavy atom. The average molecular weight is 277 g/mol. The van der Waals surface area contributed by atoms with Gasteiger partial charge >= 0.3 is 5.97 Å². The molecule has 2 aromatic rings. The number of H-pyrrole nitrogens is 1. The second-order valence-electron chi connectivity index (χ2n) is 3.67. The maximum Gasteiger partial charge on any atom is 0.328 e. The number of amides is 1. The zero-order valence-electron chi connectivity index (χ0n) is 9.79. The molecule has 0 saturated carbocycles. The third kappa shape index (κ3) is 3.78. The van der Waals surface area contributed by atoms with Gasteiger partial charge in [-0.1, -0.05) is 0 Å². The van der Waals surface area contributed by atoms with Crippen LogP contribution in [0.1, 0.15) is 20.9 Å². The lowest BCUT2D eigenvalue weighted by Gasteiger charge is -2.00. The maximum atomic E-state index is 11.6. The van der Waals surface area contributed by atoms with E-state index in [9.17, 15) is 9.59 Å². The fraction of sp³-hybridized carbons (Fsp3) is 0.0833. The Balaban J connectivity index is 1.90. The molecule has 2 heterocycles. The first-order valence-corrected chi connectivity index (χ1v) is 6.29. The molecule has 0 aliphatic rings. The molecular weight excluding hydrogens is 266 g/mol. The van der Waals surface area contributed by atoms with Crippen LogP contribution >= 0.6 is 11.3 Å². The van der Waals surface area contributed by atoms with Crippen LogP contribution in [0.5, 0.6) is 0 Å². The van der Waals surface area contributed by atoms with Gasteiger partial charge in [-0.05, 0) is 29.2 Å². The van der Waals surface area contributed by atoms with Crippen molar-refractivity contribution < 1.29 is 14.7 Å². The molecule has 0 saturated heterocycles. The van der Waals surface area contributed by atoms with E-state index in [0.29, 0.717) is 12.2 Å². The molecule has 98 valence electrons. The molecule has 0 atom stereocenters. The molecule has 0 fully saturated rings. The molecule has 0 bridgehead atoms. The number of carbonyl (C=O) groups excluding carboxylic acids is 1. The van der Waals surface area contributed by atoms with Crippen molar-refractivity contribution in [1.29, 1.82) is 0 Å². The Hall–Kier alpha value is -2.41. The van der Waals surface area contributed by atoms with Crippen LogP contribution < -0.4 is 5.32 Å². The highest BCUT2D eigenvalue weighted by Crippen LogP contribution is 2.15. The van der Waals surface area contributed by atoms with Gasteiger partial charge in [-0.2, -0.15) is 5.10 Å². The van der Waals surface area contributed by atoms with Gasteiger partial charge in [0.05, 0.1) is 6.54 Å². The molecule has 0 spiro atoms. The number of nitrogens with one attached hydrogen (secondary N) is 2. The van der Waals surface area contributed by atoms with Crippen LogP contribution in [0.4, 0.5) is 0 Å². The minimum atomic E-state index is -0.986. The number of nitrogens with zero attached hydrogens (tertiary/aromatic N) is 1. The van der Waals surface area contributed by atoms with E-state index in [4.69, 9.17) is 5.11 Å². The fourth-order valence-electron chi connectivity index (χ4n) is 1.39. The van der Waals surface area contributed by atoms with Crippen molar-refractivity contribution in [2.24, 2.45) is 0 Å². The monoisotopic (exact) mass is 277 g/mol. The van der Waals surface area contributed by atoms with Gasteiger partial charge in [0.15, 0.2) is 0 Å². The van der Waals surface area contributed by atoms with Crippen LogP contribution in [0.25, 0.3) is 6.08 Å². The number of aromatic nitrogens is 2. The number of aliphatic carboxylic acids is 1. The molecule has 2 rings (SSSR count). The second kappa shape index (κ2) is 5.96. The molecule has 7 heteroatoms. The van der Waals surface area contributed by atoms with Crippen molar-refractivity contribution in [3.8, 4) is 0 Å². The predicted octanol–water partition coefficient (Wildman–Crippen LogP) is 1.50. The van der Waals surface area contributed by atoms with Crippen LogP contribution in [0.3, 0.4) is 0 Å². The largest absolute Gasteiger partial charge is 0.478 e. The smallest absolute Gasteiger partial charge is 0.328 e. The van der Waals surface area contributed by atoms with E-state index in [0.717, 1.165) is 16.5 Å². The van der Waals surface area contributed by atoms with Gasteiger partial charge in [0.2, 0.25) is 0 Å². The number of rotatable bonds is 5. The SMILES string of the molecule is O=C(O)C=Cc1csc(CNC(=O)c2ccn[nH]2)c1. The van der Waals surface area contributed by atoms with Crippen LogP contribution in [-0.4, -0.2) is 27.2 Å². The van der Waals surface area contributed by atoms with E-state index >= 15 is 0 Å². The molecule has 0 aliphatic heterocycles. The Bertz CT molecular complexity index is 602. The summed E-state index contributed by atoms with van der Waals surface area (Å²) in [6, 6.07) is 3.42. The summed E-state index contributed by atoms with van der Waals surface area (Å²) in [5.41, 5.74) is 1.21. The minimum Gasteiger partial charge on any atom is -0.478 e. The third-order valence-corrected chi connectivity index (χ3v) is 3.22. The van der Waals surface area contributed by atoms with Gasteiger partial charge in [0.25, 0.3) is 5.91 Å². The van der Waals surface area contributed by atoms with Gasteiger partial charge in [-0.25, -0.2) is 4.79 Å². The molecule has 0 unspecified atom stereocenters. The normalized spacial score (nSPS) is 10.7. The summed E-state index contributed by atoms with van der Waals surface area (Å²) in [6.07, 6.45) is 4.10. The quantitative estimate of drug-likeness (QED) is 0.722. The highest BCUT2D eigenvalue weighted by atomic mass is 32.1. The predicted molar refractivity (Wildman–Crippen MR) is 70.7 cm³/mol. The van der Waals surface area contributed by atoms with Crippen LogP contribution in [0, 0.1) is 0 Å². The standard InChI is InChI=1S/C12H11N3O3S/c16-11(17)2-1-8-5-9(19-7-8)6-13-12(18)10-3-4-14-15-10/h1-5,7H,6H2,(H,13,18)(H,14,15)(H,16,17). The van der Waals surface area contributed by atoms with Gasteiger partial charge in [-0.15, -0.1) is 11.3 Å². The number of aromatic amines is 1. The van der Waals surface area contributed by atoms with E-state index in [2.05, 4.69) is 15.5 Å². The number of carboxylic acid groups (broad SMARTS) is 1. The molecule has 1 amide bonds. The Morgan fingerprint density at radius 2 is 2.37 bits per heavy atom. The van der Waals surface area contributed by atoms with Gasteiger partial charge in [0, 0.05) is 17.2 Å². The Labute approximate surface area is 112 Å². The topological polar surface area (TPSA) is 95.1 Å². The summed E-state index contributed by atoms with van der Waals surface area (Å²) in [6.45, 7) is 0.392. The lowest BCUT2D eigenvalue weighted by molar-refractivity contribution is -0.131. The highest BCUT2D eigenvalue weighted by Gasteiger charge is 2.06. The first-order chi connectivity index (χ1) is 9.15. The van der Waals surface area contributed by atoms with Crippen molar-refractivity contribution in [2.45, 2.75) is 6.54 Å². The molecule has 19 heavy (non-hydrogen) atoms. The van der Waals surface area contributed by atoms with E-state index < -0.39 is 5.97 Å². The van der Waals surface area contributed by atoms with Crippen molar-refractivity contribution in [3.05, 3.63) is 45.9 Å². The minimum absolute atomic E-state index is 0.228. The lowest BCUT2D eigenvalue weighted by atomic mass is 10.3. The Kier molecular flexibility index (Phi) is 4.09. The number of hydrogen-bond acceptors (Lipinski definition) is 4. The zero-order valence-corrected chi connectivity index (χ0v) is 10.6. The van der Waals surface area contributed by atoms with Gasteiger partial charge in [0.1, 0.15) is 5.69 Å². The van der Waals surface area contributed by atoms with Crippen LogP contribution in [-0.2, 0) is 11.3 Å². The van der Waals surface area contributed by atoms with Crippen molar-refractivity contribution in [2.75, 3.05) is 0 Å². The summed E-state index contributed by atoms with van der Waals surface area (Å²) in [7, 11) is 0. The van der Waals surface area contributed by atoms with E-state index in [1.165, 1.54) is 23.6 Å². The number of hydrogen-bond donors (Lipinski definition) is 3. The highest BCUT2D eigenvalue weighted by molar-refractivity contribution is 7.10. The summed E-state index contributed by atoms with van der Waals surface area (Å²) in [4.78, 5) is 23.0. The first-order valence-electron chi connectivity index (χ1n) is 5.41. The van der Waals surface area contributed by atoms with E-state index in [1.54, 1.807) is 6.07 Å².